The number of aliphatic carboxylic acids is 1. The second-order valence-corrected chi connectivity index (χ2v) is 5.82. The van der Waals surface area contributed by atoms with Crippen molar-refractivity contribution >= 4 is 21.9 Å². The number of ether oxygens (including phenoxy) is 1. The van der Waals surface area contributed by atoms with Gasteiger partial charge in [0.25, 0.3) is 5.91 Å². The number of amides is 1. The minimum Gasteiger partial charge on any atom is -0.482 e. The van der Waals surface area contributed by atoms with Crippen LogP contribution in [0.15, 0.2) is 29.2 Å². The van der Waals surface area contributed by atoms with Gasteiger partial charge in [0.2, 0.25) is 10.0 Å². The lowest BCUT2D eigenvalue weighted by atomic mass is 10.3. The van der Waals surface area contributed by atoms with Crippen LogP contribution in [0.3, 0.4) is 0 Å². The van der Waals surface area contributed by atoms with Gasteiger partial charge < -0.3 is 9.84 Å². The van der Waals surface area contributed by atoms with Crippen LogP contribution >= 0.6 is 0 Å². The number of hydrogen-bond acceptors (Lipinski definition) is 6. The fraction of sp³-hybridized carbons (Fsp3) is 0.273. The molecule has 0 radical (unpaired) electrons. The van der Waals surface area contributed by atoms with Crippen molar-refractivity contribution in [1.29, 1.82) is 0 Å². The van der Waals surface area contributed by atoms with Gasteiger partial charge in [0.15, 0.2) is 6.61 Å². The zero-order valence-electron chi connectivity index (χ0n) is 10.6. The first kappa shape index (κ1) is 15.2. The van der Waals surface area contributed by atoms with Crippen LogP contribution in [0.25, 0.3) is 0 Å². The van der Waals surface area contributed by atoms with Crippen molar-refractivity contribution in [1.82, 2.24) is 10.2 Å². The molecule has 114 valence electrons. The molecule has 1 heterocycles. The van der Waals surface area contributed by atoms with Crippen LogP contribution in [0.4, 0.5) is 0 Å². The molecular formula is C11H12N2O7S. The number of rotatable bonds is 6. The minimum atomic E-state index is -3.89. The number of hydrogen-bond donors (Lipinski definition) is 3. The highest BCUT2D eigenvalue weighted by molar-refractivity contribution is 7.89. The molecule has 1 aliphatic rings. The summed E-state index contributed by atoms with van der Waals surface area (Å²) in [4.78, 5) is 26.1. The van der Waals surface area contributed by atoms with Crippen LogP contribution in [0, 0.1) is 0 Å². The fourth-order valence-corrected chi connectivity index (χ4v) is 2.73. The van der Waals surface area contributed by atoms with Gasteiger partial charge in [-0.25, -0.2) is 18.7 Å². The highest BCUT2D eigenvalue weighted by Crippen LogP contribution is 2.16. The molecule has 1 saturated heterocycles. The highest BCUT2D eigenvalue weighted by atomic mass is 32.2. The standard InChI is InChI=1S/C11H12N2O7S/c14-10(15)6-19-7-1-3-8(4-2-7)21(17,18)13-9-5-20-12-11(9)16/h1-4,9,13H,5-6H2,(H,12,16)(H,14,15)/t9-/m1/s1. The molecule has 1 fully saturated rings. The molecule has 10 heteroatoms. The average Bonchev–Trinajstić information content (AvgIpc) is 2.82. The lowest BCUT2D eigenvalue weighted by Gasteiger charge is -2.10. The number of carbonyl (C=O) groups is 2. The number of nitrogens with one attached hydrogen (secondary N) is 2. The molecule has 0 aromatic heterocycles. The summed E-state index contributed by atoms with van der Waals surface area (Å²) in [5.41, 5.74) is 2.04. The van der Waals surface area contributed by atoms with Crippen molar-refractivity contribution in [3.8, 4) is 5.75 Å². The summed E-state index contributed by atoms with van der Waals surface area (Å²) in [6.45, 7) is -0.623. The monoisotopic (exact) mass is 316 g/mol. The number of carboxylic acids is 1. The van der Waals surface area contributed by atoms with Gasteiger partial charge >= 0.3 is 5.97 Å². The van der Waals surface area contributed by atoms with Crippen LogP contribution < -0.4 is 14.9 Å². The number of carbonyl (C=O) groups excluding carboxylic acids is 1. The van der Waals surface area contributed by atoms with Gasteiger partial charge in [-0.15, -0.1) is 0 Å². The van der Waals surface area contributed by atoms with Crippen LogP contribution in [-0.2, 0) is 24.4 Å². The first-order valence-corrected chi connectivity index (χ1v) is 7.25. The Labute approximate surface area is 119 Å². The van der Waals surface area contributed by atoms with E-state index in [1.54, 1.807) is 0 Å². The SMILES string of the molecule is O=C(O)COc1ccc(S(=O)(=O)N[C@@H]2CONC2=O)cc1. The van der Waals surface area contributed by atoms with Crippen LogP contribution in [0.1, 0.15) is 0 Å². The molecule has 1 aromatic rings. The zero-order valence-corrected chi connectivity index (χ0v) is 11.4. The molecule has 9 nitrogen and oxygen atoms in total. The van der Waals surface area contributed by atoms with Gasteiger partial charge in [-0.2, -0.15) is 4.72 Å². The van der Waals surface area contributed by atoms with Crippen molar-refractivity contribution in [2.75, 3.05) is 13.2 Å². The molecule has 0 saturated carbocycles. The fourth-order valence-electron chi connectivity index (χ4n) is 1.55. The average molecular weight is 316 g/mol. The first-order chi connectivity index (χ1) is 9.88. The molecule has 3 N–H and O–H groups in total. The molecule has 0 bridgehead atoms. The van der Waals surface area contributed by atoms with Gasteiger partial charge in [-0.1, -0.05) is 0 Å². The topological polar surface area (TPSA) is 131 Å². The molecule has 21 heavy (non-hydrogen) atoms. The Morgan fingerprint density at radius 2 is 2.10 bits per heavy atom. The summed E-state index contributed by atoms with van der Waals surface area (Å²) < 4.78 is 31.1. The van der Waals surface area contributed by atoms with E-state index < -0.39 is 34.5 Å². The third-order valence-electron chi connectivity index (χ3n) is 2.53. The van der Waals surface area contributed by atoms with Crippen LogP contribution in [0.5, 0.6) is 5.75 Å². The number of benzene rings is 1. The summed E-state index contributed by atoms with van der Waals surface area (Å²) in [6.07, 6.45) is 0. The zero-order chi connectivity index (χ0) is 15.5. The molecule has 2 rings (SSSR count). The third kappa shape index (κ3) is 3.90. The maximum absolute atomic E-state index is 12.0. The van der Waals surface area contributed by atoms with Crippen molar-refractivity contribution in [3.05, 3.63) is 24.3 Å². The normalized spacial score (nSPS) is 18.3. The molecule has 1 aliphatic heterocycles. The largest absolute Gasteiger partial charge is 0.482 e. The van der Waals surface area contributed by atoms with E-state index in [1.807, 2.05) is 5.48 Å². The molecule has 1 aromatic carbocycles. The predicted octanol–water partition coefficient (Wildman–Crippen LogP) is -1.14. The minimum absolute atomic E-state index is 0.0788. The van der Waals surface area contributed by atoms with E-state index in [0.29, 0.717) is 0 Å². The summed E-state index contributed by atoms with van der Waals surface area (Å²) >= 11 is 0. The maximum Gasteiger partial charge on any atom is 0.341 e. The smallest absolute Gasteiger partial charge is 0.341 e. The van der Waals surface area contributed by atoms with E-state index >= 15 is 0 Å². The Morgan fingerprint density at radius 1 is 1.43 bits per heavy atom. The summed E-state index contributed by atoms with van der Waals surface area (Å²) in [7, 11) is -3.89. The van der Waals surface area contributed by atoms with E-state index in [9.17, 15) is 18.0 Å². The van der Waals surface area contributed by atoms with E-state index in [1.165, 1.54) is 24.3 Å². The Kier molecular flexibility index (Phi) is 4.40. The molecular weight excluding hydrogens is 304 g/mol. The summed E-state index contributed by atoms with van der Waals surface area (Å²) in [5, 5.41) is 8.46. The van der Waals surface area contributed by atoms with Gasteiger partial charge in [0.1, 0.15) is 18.4 Å². The van der Waals surface area contributed by atoms with Crippen molar-refractivity contribution in [2.45, 2.75) is 10.9 Å². The quantitative estimate of drug-likeness (QED) is 0.604. The molecule has 1 atom stereocenters. The van der Waals surface area contributed by atoms with Gasteiger partial charge in [-0.05, 0) is 24.3 Å². The van der Waals surface area contributed by atoms with Crippen molar-refractivity contribution in [3.63, 3.8) is 0 Å². The van der Waals surface area contributed by atoms with Gasteiger partial charge in [0.05, 0.1) is 4.90 Å². The summed E-state index contributed by atoms with van der Waals surface area (Å²) in [5.74, 6) is -1.49. The second-order valence-electron chi connectivity index (χ2n) is 4.11. The second kappa shape index (κ2) is 6.08. The Morgan fingerprint density at radius 3 is 2.62 bits per heavy atom. The Bertz CT molecular complexity index is 641. The van der Waals surface area contributed by atoms with Crippen molar-refractivity contribution < 1.29 is 32.7 Å². The Hall–Kier alpha value is -2.17. The predicted molar refractivity (Wildman–Crippen MR) is 67.8 cm³/mol. The first-order valence-electron chi connectivity index (χ1n) is 5.77. The van der Waals surface area contributed by atoms with Crippen molar-refractivity contribution in [2.24, 2.45) is 0 Å². The lowest BCUT2D eigenvalue weighted by Crippen LogP contribution is -2.41. The number of sulfonamides is 1. The summed E-state index contributed by atoms with van der Waals surface area (Å²) in [6, 6.07) is 4.14. The molecule has 1 amide bonds. The lowest BCUT2D eigenvalue weighted by molar-refractivity contribution is -0.139. The molecule has 0 aliphatic carbocycles. The van der Waals surface area contributed by atoms with E-state index in [0.717, 1.165) is 0 Å². The third-order valence-corrected chi connectivity index (χ3v) is 4.02. The van der Waals surface area contributed by atoms with E-state index in [4.69, 9.17) is 9.84 Å². The highest BCUT2D eigenvalue weighted by Gasteiger charge is 2.30. The Balaban J connectivity index is 2.06. The maximum atomic E-state index is 12.0. The number of carboxylic acid groups (broad SMARTS) is 1. The van der Waals surface area contributed by atoms with Crippen LogP contribution in [-0.4, -0.2) is 44.7 Å². The van der Waals surface area contributed by atoms with Gasteiger partial charge in [0, 0.05) is 0 Å². The molecule has 0 spiro atoms. The van der Waals surface area contributed by atoms with Gasteiger partial charge in [-0.3, -0.25) is 9.63 Å². The van der Waals surface area contributed by atoms with E-state index in [2.05, 4.69) is 9.56 Å². The molecule has 0 unspecified atom stereocenters. The van der Waals surface area contributed by atoms with Crippen LogP contribution in [0.2, 0.25) is 0 Å². The van der Waals surface area contributed by atoms with E-state index in [-0.39, 0.29) is 17.3 Å². The number of hydroxylamine groups is 1.